The Morgan fingerprint density at radius 1 is 1.21 bits per heavy atom. The molecule has 0 unspecified atom stereocenters. The summed E-state index contributed by atoms with van der Waals surface area (Å²) >= 11 is 0. The van der Waals surface area contributed by atoms with Crippen molar-refractivity contribution in [1.29, 1.82) is 0 Å². The number of carbonyl (C=O) groups excluding carboxylic acids is 2. The van der Waals surface area contributed by atoms with Gasteiger partial charge in [0.1, 0.15) is 18.0 Å². The van der Waals surface area contributed by atoms with Crippen LogP contribution in [0.15, 0.2) is 37.1 Å². The van der Waals surface area contributed by atoms with Gasteiger partial charge < -0.3 is 14.2 Å². The van der Waals surface area contributed by atoms with E-state index in [4.69, 9.17) is 9.47 Å². The van der Waals surface area contributed by atoms with Gasteiger partial charge in [-0.25, -0.2) is 14.0 Å². The van der Waals surface area contributed by atoms with Gasteiger partial charge in [-0.05, 0) is 51.1 Å². The van der Waals surface area contributed by atoms with Crippen LogP contribution >= 0.6 is 0 Å². The molecule has 0 aliphatic rings. The summed E-state index contributed by atoms with van der Waals surface area (Å²) < 4.78 is 28.8. The number of ether oxygens (including phenoxy) is 3. The third-order valence-corrected chi connectivity index (χ3v) is 2.82. The standard InChI is InChI=1S/C18H21FO5/c1-11(10-23-12(2)16(20)24-18(3,4)5)14-9-13(17(21)22-6)7-8-15(14)19/h7-9H,1-2,10H2,3-6H3. The summed E-state index contributed by atoms with van der Waals surface area (Å²) in [5.74, 6) is -2.09. The Morgan fingerprint density at radius 3 is 2.38 bits per heavy atom. The van der Waals surface area contributed by atoms with Gasteiger partial charge >= 0.3 is 11.9 Å². The smallest absolute Gasteiger partial charge is 0.373 e. The molecule has 0 N–H and O–H groups in total. The zero-order chi connectivity index (χ0) is 18.5. The van der Waals surface area contributed by atoms with Gasteiger partial charge in [0.2, 0.25) is 0 Å². The summed E-state index contributed by atoms with van der Waals surface area (Å²) in [4.78, 5) is 23.3. The van der Waals surface area contributed by atoms with Crippen molar-refractivity contribution in [1.82, 2.24) is 0 Å². The second-order valence-corrected chi connectivity index (χ2v) is 6.00. The van der Waals surface area contributed by atoms with Crippen LogP contribution in [0.25, 0.3) is 5.57 Å². The number of rotatable bonds is 6. The first kappa shape index (κ1) is 19.4. The van der Waals surface area contributed by atoms with Gasteiger partial charge in [-0.1, -0.05) is 6.58 Å². The molecular weight excluding hydrogens is 315 g/mol. The highest BCUT2D eigenvalue weighted by molar-refractivity contribution is 5.90. The van der Waals surface area contributed by atoms with E-state index in [1.807, 2.05) is 0 Å². The molecule has 0 aliphatic carbocycles. The van der Waals surface area contributed by atoms with Crippen LogP contribution in [0.1, 0.15) is 36.7 Å². The molecule has 6 heteroatoms. The van der Waals surface area contributed by atoms with Crippen molar-refractivity contribution in [3.05, 3.63) is 54.1 Å². The lowest BCUT2D eigenvalue weighted by molar-refractivity contribution is -0.153. The van der Waals surface area contributed by atoms with Crippen molar-refractivity contribution in [3.8, 4) is 0 Å². The molecule has 0 spiro atoms. The van der Waals surface area contributed by atoms with Crippen LogP contribution in [0.5, 0.6) is 0 Å². The molecular formula is C18H21FO5. The van der Waals surface area contributed by atoms with E-state index in [0.717, 1.165) is 6.07 Å². The maximum absolute atomic E-state index is 13.9. The van der Waals surface area contributed by atoms with Gasteiger partial charge in [-0.2, -0.15) is 0 Å². The SMILES string of the molecule is C=C(OCC(=C)c1cc(C(=O)OC)ccc1F)C(=O)OC(C)(C)C. The predicted octanol–water partition coefficient (Wildman–Crippen LogP) is 3.50. The van der Waals surface area contributed by atoms with Crippen molar-refractivity contribution in [2.24, 2.45) is 0 Å². The largest absolute Gasteiger partial charge is 0.482 e. The number of hydrogen-bond acceptors (Lipinski definition) is 5. The lowest BCUT2D eigenvalue weighted by atomic mass is 10.0. The van der Waals surface area contributed by atoms with Crippen LogP contribution in [0.2, 0.25) is 0 Å². The lowest BCUT2D eigenvalue weighted by Gasteiger charge is -2.20. The molecule has 1 rings (SSSR count). The number of hydrogen-bond donors (Lipinski definition) is 0. The third-order valence-electron chi connectivity index (χ3n) is 2.82. The lowest BCUT2D eigenvalue weighted by Crippen LogP contribution is -2.25. The van der Waals surface area contributed by atoms with Gasteiger partial charge in [0.15, 0.2) is 5.76 Å². The topological polar surface area (TPSA) is 61.8 Å². The Morgan fingerprint density at radius 2 is 1.83 bits per heavy atom. The Kier molecular flexibility index (Phi) is 6.28. The number of halogens is 1. The van der Waals surface area contributed by atoms with E-state index >= 15 is 0 Å². The van der Waals surface area contributed by atoms with Crippen LogP contribution in [0.3, 0.4) is 0 Å². The van der Waals surface area contributed by atoms with Gasteiger partial charge in [-0.15, -0.1) is 0 Å². The predicted molar refractivity (Wildman–Crippen MR) is 87.7 cm³/mol. The minimum absolute atomic E-state index is 0.0925. The van der Waals surface area contributed by atoms with Gasteiger partial charge in [0.05, 0.1) is 12.7 Å². The van der Waals surface area contributed by atoms with Gasteiger partial charge in [0.25, 0.3) is 0 Å². The van der Waals surface area contributed by atoms with Crippen LogP contribution in [-0.2, 0) is 19.0 Å². The number of methoxy groups -OCH3 is 1. The summed E-state index contributed by atoms with van der Waals surface area (Å²) in [7, 11) is 1.23. The zero-order valence-electron chi connectivity index (χ0n) is 14.3. The number of carbonyl (C=O) groups is 2. The van der Waals surface area contributed by atoms with E-state index in [1.54, 1.807) is 20.8 Å². The van der Waals surface area contributed by atoms with Gasteiger partial charge in [0, 0.05) is 5.56 Å². The molecule has 0 saturated heterocycles. The number of benzene rings is 1. The summed E-state index contributed by atoms with van der Waals surface area (Å²) in [5, 5.41) is 0. The van der Waals surface area contributed by atoms with E-state index in [0.29, 0.717) is 0 Å². The van der Waals surface area contributed by atoms with Crippen molar-refractivity contribution < 1.29 is 28.2 Å². The molecule has 0 aromatic heterocycles. The quantitative estimate of drug-likeness (QED) is 0.452. The second kappa shape index (κ2) is 7.77. The minimum Gasteiger partial charge on any atom is -0.482 e. The molecule has 0 amide bonds. The van der Waals surface area contributed by atoms with E-state index in [9.17, 15) is 14.0 Å². The fraction of sp³-hybridized carbons (Fsp3) is 0.333. The highest BCUT2D eigenvalue weighted by Crippen LogP contribution is 2.20. The van der Waals surface area contributed by atoms with Crippen LogP contribution < -0.4 is 0 Å². The van der Waals surface area contributed by atoms with E-state index in [-0.39, 0.29) is 29.1 Å². The Balaban J connectivity index is 2.77. The second-order valence-electron chi connectivity index (χ2n) is 6.00. The third kappa shape index (κ3) is 5.53. The molecule has 0 fully saturated rings. The van der Waals surface area contributed by atoms with Crippen molar-refractivity contribution in [2.75, 3.05) is 13.7 Å². The summed E-state index contributed by atoms with van der Waals surface area (Å²) in [5.41, 5.74) is -0.166. The molecule has 0 saturated carbocycles. The van der Waals surface area contributed by atoms with Crippen LogP contribution in [0.4, 0.5) is 4.39 Å². The molecule has 130 valence electrons. The maximum atomic E-state index is 13.9. The van der Waals surface area contributed by atoms with E-state index in [2.05, 4.69) is 17.9 Å². The monoisotopic (exact) mass is 336 g/mol. The molecule has 0 aliphatic heterocycles. The van der Waals surface area contributed by atoms with Crippen molar-refractivity contribution >= 4 is 17.5 Å². The highest BCUT2D eigenvalue weighted by atomic mass is 19.1. The highest BCUT2D eigenvalue weighted by Gasteiger charge is 2.20. The molecule has 5 nitrogen and oxygen atoms in total. The first-order valence-corrected chi connectivity index (χ1v) is 7.16. The average molecular weight is 336 g/mol. The molecule has 1 aromatic carbocycles. The van der Waals surface area contributed by atoms with E-state index < -0.39 is 23.4 Å². The van der Waals surface area contributed by atoms with Gasteiger partial charge in [-0.3, -0.25) is 0 Å². The zero-order valence-corrected chi connectivity index (χ0v) is 14.3. The Labute approximate surface area is 140 Å². The Hall–Kier alpha value is -2.63. The van der Waals surface area contributed by atoms with Crippen molar-refractivity contribution in [2.45, 2.75) is 26.4 Å². The molecule has 24 heavy (non-hydrogen) atoms. The normalized spacial score (nSPS) is 10.7. The van der Waals surface area contributed by atoms with Crippen LogP contribution in [-0.4, -0.2) is 31.3 Å². The molecule has 0 bridgehead atoms. The number of esters is 2. The molecule has 0 heterocycles. The van der Waals surface area contributed by atoms with Crippen LogP contribution in [0, 0.1) is 5.82 Å². The van der Waals surface area contributed by atoms with E-state index in [1.165, 1.54) is 19.2 Å². The average Bonchev–Trinajstić information content (AvgIpc) is 2.50. The van der Waals surface area contributed by atoms with Crippen molar-refractivity contribution in [3.63, 3.8) is 0 Å². The molecule has 1 aromatic rings. The first-order valence-electron chi connectivity index (χ1n) is 7.16. The summed E-state index contributed by atoms with van der Waals surface area (Å²) in [6.45, 7) is 12.1. The summed E-state index contributed by atoms with van der Waals surface area (Å²) in [6, 6.07) is 3.75. The Bertz CT molecular complexity index is 670. The maximum Gasteiger partial charge on any atom is 0.373 e. The summed E-state index contributed by atoms with van der Waals surface area (Å²) in [6.07, 6.45) is 0. The first-order chi connectivity index (χ1) is 11.0. The molecule has 0 radical (unpaired) electrons. The fourth-order valence-corrected chi connectivity index (χ4v) is 1.69. The minimum atomic E-state index is -0.709. The fourth-order valence-electron chi connectivity index (χ4n) is 1.69. The molecule has 0 atom stereocenters.